The number of rotatable bonds is 5. The molecular formula is C41H54N2O13. The van der Waals surface area contributed by atoms with Gasteiger partial charge in [0.25, 0.3) is 17.6 Å². The number of nitrogens with one attached hydrogen (secondary N) is 1. The fraction of sp³-hybridized carbons (Fsp3) is 0.512. The number of amides is 2. The number of benzene rings is 2. The second kappa shape index (κ2) is 17.3. The van der Waals surface area contributed by atoms with Crippen molar-refractivity contribution < 1.29 is 63.3 Å². The van der Waals surface area contributed by atoms with E-state index in [9.17, 15) is 39.6 Å². The third-order valence-corrected chi connectivity index (χ3v) is 10.7. The smallest absolute Gasteiger partial charge is 0.312 e. The molecular weight excluding hydrogens is 728 g/mol. The van der Waals surface area contributed by atoms with Gasteiger partial charge in [0.05, 0.1) is 41.2 Å². The number of esters is 1. The number of phenolic OH excluding ortho intramolecular Hbond substituents is 2. The summed E-state index contributed by atoms with van der Waals surface area (Å²) in [4.78, 5) is 54.0. The van der Waals surface area contributed by atoms with Crippen LogP contribution in [-0.4, -0.2) is 107 Å². The number of aliphatic hydroxyl groups is 2. The van der Waals surface area contributed by atoms with E-state index in [-0.39, 0.29) is 44.7 Å². The normalized spacial score (nSPS) is 30.2. The summed E-state index contributed by atoms with van der Waals surface area (Å²) >= 11 is 0. The van der Waals surface area contributed by atoms with Crippen LogP contribution in [0.25, 0.3) is 10.8 Å². The second-order valence-corrected chi connectivity index (χ2v) is 15.0. The van der Waals surface area contributed by atoms with Gasteiger partial charge < -0.3 is 54.3 Å². The molecule has 3 aliphatic rings. The van der Waals surface area contributed by atoms with Crippen molar-refractivity contribution in [1.82, 2.24) is 4.90 Å². The highest BCUT2D eigenvalue weighted by Gasteiger charge is 2.49. The summed E-state index contributed by atoms with van der Waals surface area (Å²) in [5.74, 6) is -8.12. The number of ketones is 1. The summed E-state index contributed by atoms with van der Waals surface area (Å²) in [6, 6.07) is 1.25. The third-order valence-electron chi connectivity index (χ3n) is 10.7. The van der Waals surface area contributed by atoms with Crippen LogP contribution in [-0.2, 0) is 28.6 Å². The number of carbonyl (C=O) groups is 4. The van der Waals surface area contributed by atoms with Crippen LogP contribution in [0.1, 0.15) is 64.4 Å². The summed E-state index contributed by atoms with van der Waals surface area (Å²) < 4.78 is 29.5. The number of aliphatic hydroxyl groups excluding tert-OH is 2. The Hall–Kier alpha value is -5.12. The maximum Gasteiger partial charge on any atom is 0.312 e. The number of ether oxygens (including phenoxy) is 5. The molecule has 0 aromatic heterocycles. The number of anilines is 1. The van der Waals surface area contributed by atoms with Crippen LogP contribution in [0.5, 0.6) is 23.0 Å². The predicted octanol–water partition coefficient (Wildman–Crippen LogP) is 4.52. The van der Waals surface area contributed by atoms with Gasteiger partial charge in [-0.2, -0.15) is 0 Å². The van der Waals surface area contributed by atoms with E-state index >= 15 is 0 Å². The molecule has 0 aliphatic carbocycles. The first-order chi connectivity index (χ1) is 26.2. The highest BCUT2D eigenvalue weighted by Crippen LogP contribution is 2.54. The summed E-state index contributed by atoms with van der Waals surface area (Å²) in [6.45, 7) is 12.0. The average molecular weight is 783 g/mol. The van der Waals surface area contributed by atoms with Crippen LogP contribution in [0.15, 0.2) is 42.2 Å². The van der Waals surface area contributed by atoms with E-state index in [0.717, 1.165) is 0 Å². The highest BCUT2D eigenvalue weighted by molar-refractivity contribution is 6.21. The fourth-order valence-corrected chi connectivity index (χ4v) is 7.02. The molecule has 2 aromatic rings. The second-order valence-electron chi connectivity index (χ2n) is 15.0. The molecule has 0 fully saturated rings. The molecule has 3 aliphatic heterocycles. The Morgan fingerprint density at radius 2 is 1.62 bits per heavy atom. The standard InChI is InChI=1S/C41H54N2O13/c1-19-13-12-14-20(2)40(51)42-26-17-28(53-18-29(45)43(9)10)30-31(36(26)49)35(48)24(6)38-32(30)39(50)41(8,56-38)54-16-15-27(52-11)21(3)37(55-25(7)44)23(5)34(47)22(4)33(19)46/h12-17,19,21-23,27,33-34,37,46-49H,18H2,1-11H3,(H,42,51)/b13-12-,16-15?,20-14-/t19-,21+,22+,23+,27-,33-,34+,37+,41-/m0/s1. The summed E-state index contributed by atoms with van der Waals surface area (Å²) in [6.07, 6.45) is 3.57. The molecule has 15 nitrogen and oxygen atoms in total. The van der Waals surface area contributed by atoms with Gasteiger partial charge in [0.15, 0.2) is 12.4 Å². The third kappa shape index (κ3) is 8.64. The minimum Gasteiger partial charge on any atom is -0.507 e. The monoisotopic (exact) mass is 782 g/mol. The highest BCUT2D eigenvalue weighted by atomic mass is 16.7. The Bertz CT molecular complexity index is 1950. The predicted molar refractivity (Wildman–Crippen MR) is 206 cm³/mol. The van der Waals surface area contributed by atoms with Crippen molar-refractivity contribution in [2.24, 2.45) is 23.7 Å². The zero-order chi connectivity index (χ0) is 42.0. The number of phenols is 2. The largest absolute Gasteiger partial charge is 0.507 e. The van der Waals surface area contributed by atoms with E-state index in [1.165, 1.54) is 78.3 Å². The quantitative estimate of drug-likeness (QED) is 0.209. The van der Waals surface area contributed by atoms with Gasteiger partial charge in [-0.3, -0.25) is 19.2 Å². The summed E-state index contributed by atoms with van der Waals surface area (Å²) in [5, 5.41) is 48.1. The first-order valence-electron chi connectivity index (χ1n) is 18.4. The summed E-state index contributed by atoms with van der Waals surface area (Å²) in [7, 11) is 4.49. The van der Waals surface area contributed by atoms with Gasteiger partial charge >= 0.3 is 11.8 Å². The molecule has 0 saturated carbocycles. The molecule has 306 valence electrons. The molecule has 9 atom stereocenters. The van der Waals surface area contributed by atoms with Gasteiger partial charge in [-0.1, -0.05) is 45.9 Å². The van der Waals surface area contributed by atoms with Crippen molar-refractivity contribution in [3.63, 3.8) is 0 Å². The Balaban J connectivity index is 1.94. The number of hydrogen-bond donors (Lipinski definition) is 5. The number of hydrogen-bond acceptors (Lipinski definition) is 13. The van der Waals surface area contributed by atoms with Crippen molar-refractivity contribution in [3.8, 4) is 23.0 Å². The van der Waals surface area contributed by atoms with Crippen molar-refractivity contribution in [1.29, 1.82) is 0 Å². The van der Waals surface area contributed by atoms with E-state index in [2.05, 4.69) is 5.32 Å². The van der Waals surface area contributed by atoms with Crippen molar-refractivity contribution >= 4 is 40.0 Å². The maximum atomic E-state index is 14.4. The Kier molecular flexibility index (Phi) is 13.5. The molecule has 2 amide bonds. The van der Waals surface area contributed by atoms with Gasteiger partial charge in [-0.25, -0.2) is 0 Å². The number of methoxy groups -OCH3 is 1. The number of aromatic hydroxyl groups is 2. The number of allylic oxidation sites excluding steroid dienone is 2. The SMILES string of the molecule is CO[C@H]1C=CO[C@@]2(C)Oc3c(C)c(O)c4c(O)c(cc(OCC(=O)N(C)C)c4c3C2=O)NC(=O)/C(C)=C\C=C/[C@H](C)[C@H](O)[C@@H](C)[C@@H](O)[C@@H](C)[C@H](OC(C)=O)[C@@H]1C. The Morgan fingerprint density at radius 3 is 2.23 bits per heavy atom. The van der Waals surface area contributed by atoms with Crippen LogP contribution in [0.3, 0.4) is 0 Å². The molecule has 0 unspecified atom stereocenters. The van der Waals surface area contributed by atoms with E-state index < -0.39 is 95.5 Å². The molecule has 0 radical (unpaired) electrons. The first-order valence-corrected chi connectivity index (χ1v) is 18.4. The number of Topliss-reactive ketones (excluding diaryl/α,β-unsaturated/α-hetero) is 1. The van der Waals surface area contributed by atoms with Crippen LogP contribution in [0.2, 0.25) is 0 Å². The van der Waals surface area contributed by atoms with Gasteiger partial charge in [-0.15, -0.1) is 0 Å². The molecule has 0 spiro atoms. The lowest BCUT2D eigenvalue weighted by molar-refractivity contribution is -0.160. The molecule has 5 bridgehead atoms. The van der Waals surface area contributed by atoms with Gasteiger partial charge in [0.1, 0.15) is 23.4 Å². The number of fused-ring (bicyclic) bond motifs is 14. The van der Waals surface area contributed by atoms with E-state index in [1.807, 2.05) is 0 Å². The molecule has 56 heavy (non-hydrogen) atoms. The van der Waals surface area contributed by atoms with Crippen molar-refractivity contribution in [2.45, 2.75) is 85.6 Å². The lowest BCUT2D eigenvalue weighted by Gasteiger charge is -2.38. The Labute approximate surface area is 326 Å². The van der Waals surface area contributed by atoms with Crippen LogP contribution in [0.4, 0.5) is 5.69 Å². The molecule has 15 heteroatoms. The van der Waals surface area contributed by atoms with Crippen molar-refractivity contribution in [3.05, 3.63) is 53.3 Å². The zero-order valence-electron chi connectivity index (χ0n) is 33.7. The topological polar surface area (TPSA) is 211 Å². The number of likely N-dealkylation sites (N-methyl/N-ethyl adjacent to an activating group) is 1. The lowest BCUT2D eigenvalue weighted by Crippen LogP contribution is -2.46. The maximum absolute atomic E-state index is 14.4. The minimum atomic E-state index is -2.02. The molecule has 0 saturated heterocycles. The van der Waals surface area contributed by atoms with Crippen LogP contribution < -0.4 is 14.8 Å². The van der Waals surface area contributed by atoms with Gasteiger partial charge in [-0.05, 0) is 19.9 Å². The van der Waals surface area contributed by atoms with Crippen molar-refractivity contribution in [2.75, 3.05) is 33.1 Å². The molecule has 2 aromatic carbocycles. The average Bonchev–Trinajstić information content (AvgIpc) is 3.41. The minimum absolute atomic E-state index is 0.0631. The van der Waals surface area contributed by atoms with Gasteiger partial charge in [0, 0.05) is 81.3 Å². The molecule has 3 heterocycles. The Morgan fingerprint density at radius 1 is 0.964 bits per heavy atom. The number of carbonyl (C=O) groups excluding carboxylic acids is 4. The van der Waals surface area contributed by atoms with Gasteiger partial charge in [0.2, 0.25) is 0 Å². The van der Waals surface area contributed by atoms with Crippen LogP contribution >= 0.6 is 0 Å². The summed E-state index contributed by atoms with van der Waals surface area (Å²) in [5.41, 5.74) is -0.0315. The lowest BCUT2D eigenvalue weighted by atomic mass is 9.78. The van der Waals surface area contributed by atoms with E-state index in [0.29, 0.717) is 0 Å². The number of nitrogens with zero attached hydrogens (tertiary/aromatic N) is 1. The van der Waals surface area contributed by atoms with E-state index in [4.69, 9.17) is 23.7 Å². The fourth-order valence-electron chi connectivity index (χ4n) is 7.02. The zero-order valence-corrected chi connectivity index (χ0v) is 33.7. The van der Waals surface area contributed by atoms with E-state index in [1.54, 1.807) is 39.8 Å². The van der Waals surface area contributed by atoms with Crippen LogP contribution in [0, 0.1) is 30.6 Å². The first kappa shape index (κ1) is 43.6. The molecule has 5 rings (SSSR count). The molecule has 5 N–H and O–H groups in total.